The molecule has 0 saturated heterocycles. The number of carbonyl (C=O) groups is 1. The Labute approximate surface area is 85.9 Å². The molecule has 14 heavy (non-hydrogen) atoms. The van der Waals surface area contributed by atoms with Crippen LogP contribution in [0.4, 0.5) is 0 Å². The Balaban J connectivity index is 2.38. The lowest BCUT2D eigenvalue weighted by Gasteiger charge is -2.26. The minimum Gasteiger partial charge on any atom is -0.396 e. The third kappa shape index (κ3) is 2.71. The number of nitrogens with one attached hydrogen (secondary N) is 1. The largest absolute Gasteiger partial charge is 0.396 e. The van der Waals surface area contributed by atoms with E-state index in [9.17, 15) is 9.90 Å². The summed E-state index contributed by atoms with van der Waals surface area (Å²) in [5.74, 6) is 0.122. The third-order valence-corrected chi connectivity index (χ3v) is 3.16. The van der Waals surface area contributed by atoms with Crippen LogP contribution in [0.25, 0.3) is 0 Å². The molecule has 0 spiro atoms. The monoisotopic (exact) mass is 199 g/mol. The maximum absolute atomic E-state index is 11.4. The maximum Gasteiger partial charge on any atom is 0.222 e. The van der Waals surface area contributed by atoms with Gasteiger partial charge in [-0.05, 0) is 12.8 Å². The Kier molecular flexibility index (Phi) is 3.93. The van der Waals surface area contributed by atoms with Crippen LogP contribution in [0.1, 0.15) is 39.5 Å². The molecule has 0 radical (unpaired) electrons. The molecule has 1 aliphatic carbocycles. The van der Waals surface area contributed by atoms with Gasteiger partial charge in [-0.25, -0.2) is 0 Å². The zero-order valence-electron chi connectivity index (χ0n) is 9.18. The van der Waals surface area contributed by atoms with Crippen molar-refractivity contribution in [1.29, 1.82) is 0 Å². The lowest BCUT2D eigenvalue weighted by Crippen LogP contribution is -2.39. The fourth-order valence-electron chi connectivity index (χ4n) is 1.99. The summed E-state index contributed by atoms with van der Waals surface area (Å²) in [6.07, 6.45) is 4.44. The number of rotatable bonds is 4. The minimum atomic E-state index is -0.0233. The molecule has 0 aliphatic heterocycles. The van der Waals surface area contributed by atoms with Crippen molar-refractivity contribution in [2.75, 3.05) is 13.2 Å². The fourth-order valence-corrected chi connectivity index (χ4v) is 1.99. The quantitative estimate of drug-likeness (QED) is 0.717. The van der Waals surface area contributed by atoms with Gasteiger partial charge in [0.2, 0.25) is 5.91 Å². The van der Waals surface area contributed by atoms with Crippen molar-refractivity contribution in [3.63, 3.8) is 0 Å². The van der Waals surface area contributed by atoms with E-state index in [1.807, 2.05) is 13.8 Å². The Hall–Kier alpha value is -0.570. The van der Waals surface area contributed by atoms with E-state index < -0.39 is 0 Å². The van der Waals surface area contributed by atoms with Crippen molar-refractivity contribution in [3.8, 4) is 0 Å². The first-order valence-corrected chi connectivity index (χ1v) is 5.48. The summed E-state index contributed by atoms with van der Waals surface area (Å²) in [4.78, 5) is 11.4. The van der Waals surface area contributed by atoms with Crippen LogP contribution < -0.4 is 5.32 Å². The fraction of sp³-hybridized carbons (Fsp3) is 0.909. The van der Waals surface area contributed by atoms with Crippen LogP contribution in [0, 0.1) is 11.3 Å². The second-order valence-electron chi connectivity index (χ2n) is 4.74. The standard InChI is InChI=1S/C11H21NO2/c1-9(2)10(14)12-7-11(8-13)5-3-4-6-11/h9,13H,3-8H2,1-2H3,(H,12,14). The number of aliphatic hydroxyl groups excluding tert-OH is 1. The van der Waals surface area contributed by atoms with Gasteiger partial charge in [-0.1, -0.05) is 26.7 Å². The Morgan fingerprint density at radius 3 is 2.43 bits per heavy atom. The molecular weight excluding hydrogens is 178 g/mol. The average Bonchev–Trinajstić information content (AvgIpc) is 2.63. The molecule has 3 nitrogen and oxygen atoms in total. The highest BCUT2D eigenvalue weighted by Crippen LogP contribution is 2.36. The Bertz CT molecular complexity index is 195. The second kappa shape index (κ2) is 4.78. The van der Waals surface area contributed by atoms with Crippen LogP contribution in [0.2, 0.25) is 0 Å². The molecule has 2 N–H and O–H groups in total. The van der Waals surface area contributed by atoms with E-state index in [1.54, 1.807) is 0 Å². The highest BCUT2D eigenvalue weighted by Gasteiger charge is 2.33. The summed E-state index contributed by atoms with van der Waals surface area (Å²) in [6.45, 7) is 4.61. The van der Waals surface area contributed by atoms with E-state index in [2.05, 4.69) is 5.32 Å². The lowest BCUT2D eigenvalue weighted by atomic mass is 9.87. The molecule has 0 atom stereocenters. The Morgan fingerprint density at radius 1 is 1.43 bits per heavy atom. The average molecular weight is 199 g/mol. The summed E-state index contributed by atoms with van der Waals surface area (Å²) in [5, 5.41) is 12.2. The van der Waals surface area contributed by atoms with Gasteiger partial charge in [-0.2, -0.15) is 0 Å². The van der Waals surface area contributed by atoms with Gasteiger partial charge in [-0.3, -0.25) is 4.79 Å². The normalized spacial score (nSPS) is 20.0. The minimum absolute atomic E-state index is 0.0233. The van der Waals surface area contributed by atoms with Crippen LogP contribution >= 0.6 is 0 Å². The Morgan fingerprint density at radius 2 is 2.00 bits per heavy atom. The number of aliphatic hydroxyl groups is 1. The van der Waals surface area contributed by atoms with E-state index in [1.165, 1.54) is 12.8 Å². The van der Waals surface area contributed by atoms with Gasteiger partial charge >= 0.3 is 0 Å². The highest BCUT2D eigenvalue weighted by atomic mass is 16.3. The number of hydrogen-bond acceptors (Lipinski definition) is 2. The molecule has 82 valence electrons. The molecule has 0 heterocycles. The summed E-state index contributed by atoms with van der Waals surface area (Å²) >= 11 is 0. The van der Waals surface area contributed by atoms with Crippen molar-refractivity contribution >= 4 is 5.91 Å². The number of amides is 1. The molecule has 0 aromatic heterocycles. The van der Waals surface area contributed by atoms with Crippen molar-refractivity contribution in [2.24, 2.45) is 11.3 Å². The van der Waals surface area contributed by atoms with Crippen LogP contribution in [0.15, 0.2) is 0 Å². The van der Waals surface area contributed by atoms with Gasteiger partial charge in [0.1, 0.15) is 0 Å². The predicted molar refractivity (Wildman–Crippen MR) is 55.8 cm³/mol. The van der Waals surface area contributed by atoms with Gasteiger partial charge < -0.3 is 10.4 Å². The van der Waals surface area contributed by atoms with Gasteiger partial charge in [0.05, 0.1) is 6.61 Å². The third-order valence-electron chi connectivity index (χ3n) is 3.16. The number of hydrogen-bond donors (Lipinski definition) is 2. The maximum atomic E-state index is 11.4. The molecule has 1 rings (SSSR count). The zero-order chi connectivity index (χ0) is 10.6. The van der Waals surface area contributed by atoms with Gasteiger partial charge in [0, 0.05) is 17.9 Å². The van der Waals surface area contributed by atoms with E-state index in [4.69, 9.17) is 0 Å². The van der Waals surface area contributed by atoms with E-state index in [-0.39, 0.29) is 23.8 Å². The molecule has 1 amide bonds. The lowest BCUT2D eigenvalue weighted by molar-refractivity contribution is -0.124. The van der Waals surface area contributed by atoms with Crippen molar-refractivity contribution in [1.82, 2.24) is 5.32 Å². The number of carbonyl (C=O) groups excluding carboxylic acids is 1. The molecule has 0 aromatic rings. The van der Waals surface area contributed by atoms with Crippen LogP contribution in [-0.4, -0.2) is 24.2 Å². The van der Waals surface area contributed by atoms with E-state index in [0.29, 0.717) is 6.54 Å². The highest BCUT2D eigenvalue weighted by molar-refractivity contribution is 5.77. The molecule has 0 aromatic carbocycles. The summed E-state index contributed by atoms with van der Waals surface area (Å²) in [7, 11) is 0. The zero-order valence-corrected chi connectivity index (χ0v) is 9.18. The van der Waals surface area contributed by atoms with Gasteiger partial charge in [0.15, 0.2) is 0 Å². The molecule has 1 saturated carbocycles. The summed E-state index contributed by atoms with van der Waals surface area (Å²) in [6, 6.07) is 0. The van der Waals surface area contributed by atoms with Crippen LogP contribution in [0.5, 0.6) is 0 Å². The molecular formula is C11H21NO2. The van der Waals surface area contributed by atoms with Crippen molar-refractivity contribution in [3.05, 3.63) is 0 Å². The molecule has 1 aliphatic rings. The smallest absolute Gasteiger partial charge is 0.222 e. The van der Waals surface area contributed by atoms with Crippen LogP contribution in [0.3, 0.4) is 0 Å². The predicted octanol–water partition coefficient (Wildman–Crippen LogP) is 1.31. The topological polar surface area (TPSA) is 49.3 Å². The van der Waals surface area contributed by atoms with E-state index >= 15 is 0 Å². The molecule has 0 unspecified atom stereocenters. The molecule has 3 heteroatoms. The SMILES string of the molecule is CC(C)C(=O)NCC1(CO)CCCC1. The second-order valence-corrected chi connectivity index (χ2v) is 4.74. The van der Waals surface area contributed by atoms with Crippen LogP contribution in [-0.2, 0) is 4.79 Å². The first-order valence-electron chi connectivity index (χ1n) is 5.48. The van der Waals surface area contributed by atoms with Gasteiger partial charge in [-0.15, -0.1) is 0 Å². The van der Waals surface area contributed by atoms with Crippen molar-refractivity contribution in [2.45, 2.75) is 39.5 Å². The molecule has 0 bridgehead atoms. The molecule has 1 fully saturated rings. The van der Waals surface area contributed by atoms with Gasteiger partial charge in [0.25, 0.3) is 0 Å². The first-order chi connectivity index (χ1) is 6.59. The summed E-state index contributed by atoms with van der Waals surface area (Å²) < 4.78 is 0. The summed E-state index contributed by atoms with van der Waals surface area (Å²) in [5.41, 5.74) is -0.0233. The van der Waals surface area contributed by atoms with E-state index in [0.717, 1.165) is 12.8 Å². The first kappa shape index (κ1) is 11.5. The van der Waals surface area contributed by atoms with Crippen molar-refractivity contribution < 1.29 is 9.90 Å².